The Kier molecular flexibility index (Phi) is 14.1. The van der Waals surface area contributed by atoms with Crippen molar-refractivity contribution in [3.8, 4) is 0 Å². The van der Waals surface area contributed by atoms with Crippen molar-refractivity contribution in [2.24, 2.45) is 11.8 Å². The third-order valence-corrected chi connectivity index (χ3v) is 18.9. The third-order valence-electron chi connectivity index (χ3n) is 6.50. The highest BCUT2D eigenvalue weighted by atomic mass is 32.2. The van der Waals surface area contributed by atoms with Crippen LogP contribution >= 0.6 is 94.1 Å². The zero-order valence-electron chi connectivity index (χ0n) is 19.9. The van der Waals surface area contributed by atoms with E-state index in [1.165, 1.54) is 61.4 Å². The van der Waals surface area contributed by atoms with E-state index in [1.807, 2.05) is 0 Å². The predicted octanol–water partition coefficient (Wildman–Crippen LogP) is 7.50. The maximum atomic E-state index is 11.7. The Balaban J connectivity index is 1.61. The summed E-state index contributed by atoms with van der Waals surface area (Å²) in [5.41, 5.74) is 0. The molecule has 0 N–H and O–H groups in total. The average molecular weight is 613 g/mol. The minimum absolute atomic E-state index is 0.0998. The van der Waals surface area contributed by atoms with Gasteiger partial charge in [-0.1, -0.05) is 49.5 Å². The van der Waals surface area contributed by atoms with Crippen LogP contribution in [0, 0.1) is 11.8 Å². The fourth-order valence-electron chi connectivity index (χ4n) is 4.91. The lowest BCUT2D eigenvalue weighted by Crippen LogP contribution is -2.41. The molecule has 8 unspecified atom stereocenters. The summed E-state index contributed by atoms with van der Waals surface area (Å²) >= 11 is 15.6. The highest BCUT2D eigenvalue weighted by Gasteiger charge is 2.45. The van der Waals surface area contributed by atoms with E-state index in [-0.39, 0.29) is 10.2 Å². The molecule has 10 heteroatoms. The number of hydrogen-bond donors (Lipinski definition) is 0. The molecule has 0 spiro atoms. The van der Waals surface area contributed by atoms with Gasteiger partial charge in [-0.2, -0.15) is 23.5 Å². The van der Waals surface area contributed by atoms with Crippen LogP contribution < -0.4 is 0 Å². The summed E-state index contributed by atoms with van der Waals surface area (Å²) in [6.07, 6.45) is 13.0. The molecule has 2 heterocycles. The second-order valence-corrected chi connectivity index (χ2v) is 18.5. The molecule has 1 saturated carbocycles. The Bertz CT molecular complexity index is 646. The summed E-state index contributed by atoms with van der Waals surface area (Å²) in [7, 11) is 0. The normalized spacial score (nSPS) is 33.4. The number of carbonyl (C=O) groups is 2. The van der Waals surface area contributed by atoms with Crippen molar-refractivity contribution in [1.29, 1.82) is 0 Å². The quantitative estimate of drug-likeness (QED) is 0.207. The van der Waals surface area contributed by atoms with Gasteiger partial charge in [-0.3, -0.25) is 9.59 Å². The summed E-state index contributed by atoms with van der Waals surface area (Å²) in [5, 5.41) is 2.68. The molecular formula is C24H36O2S8. The average Bonchev–Trinajstić information content (AvgIpc) is 3.53. The lowest BCUT2D eigenvalue weighted by molar-refractivity contribution is -0.107. The molecule has 8 atom stereocenters. The number of rotatable bonds is 12. The van der Waals surface area contributed by atoms with Gasteiger partial charge in [0, 0.05) is 44.0 Å². The Morgan fingerprint density at radius 3 is 1.59 bits per heavy atom. The van der Waals surface area contributed by atoms with E-state index in [2.05, 4.69) is 96.2 Å². The minimum atomic E-state index is 0.0998. The van der Waals surface area contributed by atoms with Crippen LogP contribution in [0.4, 0.5) is 0 Å². The highest BCUT2D eigenvalue weighted by molar-refractivity contribution is 8.23. The first kappa shape index (κ1) is 30.2. The first-order valence-corrected chi connectivity index (χ1v) is 20.2. The van der Waals surface area contributed by atoms with Crippen molar-refractivity contribution in [3.05, 3.63) is 25.3 Å². The monoisotopic (exact) mass is 612 g/mol. The van der Waals surface area contributed by atoms with Crippen molar-refractivity contribution in [3.63, 3.8) is 0 Å². The first-order chi connectivity index (χ1) is 16.5. The van der Waals surface area contributed by atoms with E-state index < -0.39 is 0 Å². The first-order valence-electron chi connectivity index (χ1n) is 11.7. The molecule has 192 valence electrons. The molecule has 3 rings (SSSR count). The molecular weight excluding hydrogens is 577 g/mol. The van der Waals surface area contributed by atoms with Gasteiger partial charge in [0.05, 0.1) is 9.16 Å². The van der Waals surface area contributed by atoms with Crippen molar-refractivity contribution < 1.29 is 9.59 Å². The van der Waals surface area contributed by atoms with Gasteiger partial charge in [0.25, 0.3) is 0 Å². The van der Waals surface area contributed by atoms with Crippen LogP contribution in [0.25, 0.3) is 0 Å². The van der Waals surface area contributed by atoms with Crippen molar-refractivity contribution in [1.82, 2.24) is 0 Å². The zero-order chi connectivity index (χ0) is 24.5. The molecule has 0 aromatic heterocycles. The van der Waals surface area contributed by atoms with E-state index in [1.54, 1.807) is 0 Å². The lowest BCUT2D eigenvalue weighted by Gasteiger charge is -2.43. The van der Waals surface area contributed by atoms with Crippen LogP contribution in [0.15, 0.2) is 25.3 Å². The highest BCUT2D eigenvalue weighted by Crippen LogP contribution is 2.54. The van der Waals surface area contributed by atoms with Gasteiger partial charge in [-0.15, -0.1) is 47.0 Å². The molecule has 0 radical (unpaired) electrons. The Morgan fingerprint density at radius 2 is 1.24 bits per heavy atom. The standard InChI is InChI=1S/C24H36O2S8/c1-5-19(25)29-11-15-13-31-23(33-15)21(27-3)17-9-7-8-10-18(17)22(28-4)24-32-14-16(34-24)12-30-20(26)6-2/h5-6,15-18,21-24H,1-2,7-14H2,3-4H3. The van der Waals surface area contributed by atoms with Gasteiger partial charge in [0.1, 0.15) is 0 Å². The van der Waals surface area contributed by atoms with Crippen LogP contribution in [0.3, 0.4) is 0 Å². The molecule has 3 aliphatic rings. The van der Waals surface area contributed by atoms with Crippen molar-refractivity contribution >= 4 is 104 Å². The maximum absolute atomic E-state index is 11.7. The number of hydrogen-bond acceptors (Lipinski definition) is 10. The fourth-order valence-corrected chi connectivity index (χ4v) is 17.9. The van der Waals surface area contributed by atoms with E-state index in [4.69, 9.17) is 0 Å². The van der Waals surface area contributed by atoms with Gasteiger partial charge in [-0.25, -0.2) is 0 Å². The second kappa shape index (κ2) is 15.9. The number of thioether (sulfide) groups is 8. The Morgan fingerprint density at radius 1 is 0.824 bits per heavy atom. The predicted molar refractivity (Wildman–Crippen MR) is 171 cm³/mol. The molecule has 2 nitrogen and oxygen atoms in total. The maximum Gasteiger partial charge on any atom is 0.211 e. The van der Waals surface area contributed by atoms with Crippen LogP contribution in [-0.2, 0) is 9.59 Å². The summed E-state index contributed by atoms with van der Waals surface area (Å²) < 4.78 is 1.26. The van der Waals surface area contributed by atoms with E-state index in [9.17, 15) is 9.59 Å². The van der Waals surface area contributed by atoms with Gasteiger partial charge in [-0.05, 0) is 49.3 Å². The Hall–Kier alpha value is 1.62. The molecule has 2 saturated heterocycles. The van der Waals surface area contributed by atoms with E-state index >= 15 is 0 Å². The molecule has 0 amide bonds. The molecule has 0 bridgehead atoms. The molecule has 2 aliphatic heterocycles. The van der Waals surface area contributed by atoms with Gasteiger partial charge in [0.15, 0.2) is 0 Å². The zero-order valence-corrected chi connectivity index (χ0v) is 26.5. The van der Waals surface area contributed by atoms with Crippen LogP contribution in [0.5, 0.6) is 0 Å². The van der Waals surface area contributed by atoms with Crippen LogP contribution in [-0.4, -0.2) is 75.9 Å². The third kappa shape index (κ3) is 8.57. The Labute approximate surface area is 240 Å². The lowest BCUT2D eigenvalue weighted by atomic mass is 9.76. The number of carbonyl (C=O) groups excluding carboxylic acids is 2. The van der Waals surface area contributed by atoms with Crippen LogP contribution in [0.2, 0.25) is 0 Å². The van der Waals surface area contributed by atoms with E-state index in [0.717, 1.165) is 34.8 Å². The fraction of sp³-hybridized carbons (Fsp3) is 0.750. The van der Waals surface area contributed by atoms with Crippen LogP contribution in [0.1, 0.15) is 25.7 Å². The summed E-state index contributed by atoms with van der Waals surface area (Å²) in [6, 6.07) is 0. The smallest absolute Gasteiger partial charge is 0.211 e. The molecule has 1 aliphatic carbocycles. The molecule has 34 heavy (non-hydrogen) atoms. The minimum Gasteiger partial charge on any atom is -0.282 e. The molecule has 0 aromatic carbocycles. The second-order valence-electron chi connectivity index (χ2n) is 8.60. The topological polar surface area (TPSA) is 34.1 Å². The molecule has 3 fully saturated rings. The van der Waals surface area contributed by atoms with Crippen molar-refractivity contribution in [2.45, 2.75) is 55.8 Å². The summed E-state index contributed by atoms with van der Waals surface area (Å²) in [5.74, 6) is 5.66. The molecule has 0 aromatic rings. The summed E-state index contributed by atoms with van der Waals surface area (Å²) in [4.78, 5) is 23.3. The summed E-state index contributed by atoms with van der Waals surface area (Å²) in [6.45, 7) is 7.21. The van der Waals surface area contributed by atoms with Gasteiger partial charge in [0.2, 0.25) is 10.2 Å². The largest absolute Gasteiger partial charge is 0.282 e. The van der Waals surface area contributed by atoms with E-state index in [0.29, 0.717) is 30.2 Å². The SMILES string of the molecule is C=CC(=O)SCC1CSC(C(SC)C2CCCCC2C(SC)C2SCC(CSC(=O)C=C)S2)S1. The van der Waals surface area contributed by atoms with Gasteiger partial charge >= 0.3 is 0 Å². The van der Waals surface area contributed by atoms with Gasteiger partial charge < -0.3 is 0 Å². The van der Waals surface area contributed by atoms with Crippen molar-refractivity contribution in [2.75, 3.05) is 35.5 Å².